The van der Waals surface area contributed by atoms with Gasteiger partial charge in [-0.3, -0.25) is 4.79 Å². The van der Waals surface area contributed by atoms with Crippen LogP contribution in [0.1, 0.15) is 37.5 Å². The molecule has 0 aromatic heterocycles. The first-order valence-electron chi connectivity index (χ1n) is 11.2. The summed E-state index contributed by atoms with van der Waals surface area (Å²) in [6, 6.07) is 12.9. The highest BCUT2D eigenvalue weighted by Crippen LogP contribution is 2.30. The third-order valence-electron chi connectivity index (χ3n) is 5.53. The fourth-order valence-corrected chi connectivity index (χ4v) is 3.71. The van der Waals surface area contributed by atoms with Gasteiger partial charge >= 0.3 is 5.97 Å². The van der Waals surface area contributed by atoms with Gasteiger partial charge in [-0.15, -0.1) is 0 Å². The predicted molar refractivity (Wildman–Crippen MR) is 121 cm³/mol. The van der Waals surface area contributed by atoms with Crippen molar-refractivity contribution in [3.63, 3.8) is 0 Å². The van der Waals surface area contributed by atoms with Gasteiger partial charge in [-0.2, -0.15) is 0 Å². The van der Waals surface area contributed by atoms with Gasteiger partial charge in [-0.1, -0.05) is 24.3 Å². The van der Waals surface area contributed by atoms with Gasteiger partial charge in [0.25, 0.3) is 0 Å². The molecule has 6 atom stereocenters. The van der Waals surface area contributed by atoms with Crippen molar-refractivity contribution in [2.75, 3.05) is 6.61 Å². The molecule has 2 aromatic carbocycles. The molecule has 1 saturated heterocycles. The molecule has 4 N–H and O–H groups in total. The number of hydrogen-bond acceptors (Lipinski definition) is 9. The fourth-order valence-electron chi connectivity index (χ4n) is 3.71. The average Bonchev–Trinajstić information content (AvgIpc) is 2.80. The Bertz CT molecular complexity index is 944. The third-order valence-corrected chi connectivity index (χ3v) is 5.53. The Morgan fingerprint density at radius 3 is 2.32 bits per heavy atom. The van der Waals surface area contributed by atoms with E-state index in [0.29, 0.717) is 24.3 Å². The molecule has 0 radical (unpaired) electrons. The second kappa shape index (κ2) is 11.6. The quantitative estimate of drug-likeness (QED) is 0.395. The highest BCUT2D eigenvalue weighted by Gasteiger charge is 2.46. The topological polar surface area (TPSA) is 135 Å². The summed E-state index contributed by atoms with van der Waals surface area (Å²) in [4.78, 5) is 11.2. The van der Waals surface area contributed by atoms with Crippen LogP contribution in [-0.4, -0.2) is 69.8 Å². The molecule has 0 bridgehead atoms. The molecule has 186 valence electrons. The summed E-state index contributed by atoms with van der Waals surface area (Å²) in [7, 11) is 0. The van der Waals surface area contributed by atoms with E-state index in [2.05, 4.69) is 0 Å². The Morgan fingerprint density at radius 1 is 1.03 bits per heavy atom. The van der Waals surface area contributed by atoms with E-state index in [1.165, 1.54) is 13.8 Å². The van der Waals surface area contributed by atoms with E-state index in [0.717, 1.165) is 16.9 Å². The number of hydrogen-bond donors (Lipinski definition) is 4. The average molecular weight is 477 g/mol. The molecular formula is C25H32O9. The lowest BCUT2D eigenvalue weighted by atomic mass is 9.96. The summed E-state index contributed by atoms with van der Waals surface area (Å²) in [5.74, 6) is 0.675. The summed E-state index contributed by atoms with van der Waals surface area (Å²) in [5.41, 5.74) is 2.38. The maximum atomic E-state index is 11.2. The van der Waals surface area contributed by atoms with E-state index >= 15 is 0 Å². The van der Waals surface area contributed by atoms with Gasteiger partial charge in [0, 0.05) is 13.3 Å². The Kier molecular flexibility index (Phi) is 8.87. The van der Waals surface area contributed by atoms with Gasteiger partial charge in [0.2, 0.25) is 6.29 Å². The van der Waals surface area contributed by atoms with Crippen molar-refractivity contribution in [3.8, 4) is 11.5 Å². The summed E-state index contributed by atoms with van der Waals surface area (Å²) < 4.78 is 22.1. The van der Waals surface area contributed by atoms with Gasteiger partial charge in [0.05, 0.1) is 12.7 Å². The van der Waals surface area contributed by atoms with Crippen molar-refractivity contribution in [2.24, 2.45) is 0 Å². The van der Waals surface area contributed by atoms with Crippen LogP contribution in [-0.2, 0) is 27.3 Å². The van der Waals surface area contributed by atoms with Crippen LogP contribution < -0.4 is 9.47 Å². The molecule has 1 heterocycles. The molecule has 1 fully saturated rings. The smallest absolute Gasteiger partial charge is 0.302 e. The van der Waals surface area contributed by atoms with Crippen LogP contribution in [0.25, 0.3) is 0 Å². The van der Waals surface area contributed by atoms with Crippen LogP contribution in [0.15, 0.2) is 42.5 Å². The van der Waals surface area contributed by atoms with Gasteiger partial charge in [0.15, 0.2) is 0 Å². The number of aliphatic hydroxyl groups is 4. The van der Waals surface area contributed by atoms with E-state index in [1.54, 1.807) is 12.1 Å². The maximum absolute atomic E-state index is 11.2. The molecule has 1 aliphatic heterocycles. The van der Waals surface area contributed by atoms with E-state index < -0.39 is 42.8 Å². The van der Waals surface area contributed by atoms with Crippen molar-refractivity contribution >= 4 is 5.97 Å². The number of benzene rings is 2. The molecule has 0 amide bonds. The van der Waals surface area contributed by atoms with E-state index in [4.69, 9.17) is 18.9 Å². The fraction of sp³-hybridized carbons (Fsp3) is 0.480. The summed E-state index contributed by atoms with van der Waals surface area (Å²) in [6.45, 7) is 5.23. The molecule has 9 heteroatoms. The van der Waals surface area contributed by atoms with Crippen LogP contribution in [0, 0.1) is 0 Å². The first-order chi connectivity index (χ1) is 16.2. The number of ether oxygens (including phenoxy) is 4. The Hall–Kier alpha value is -2.69. The highest BCUT2D eigenvalue weighted by molar-refractivity contribution is 5.66. The molecule has 2 aromatic rings. The molecule has 1 unspecified atom stereocenters. The van der Waals surface area contributed by atoms with Gasteiger partial charge < -0.3 is 39.4 Å². The first-order valence-corrected chi connectivity index (χ1v) is 11.2. The first kappa shape index (κ1) is 25.9. The highest BCUT2D eigenvalue weighted by atomic mass is 16.7. The molecular weight excluding hydrogens is 444 g/mol. The molecule has 0 aliphatic carbocycles. The maximum Gasteiger partial charge on any atom is 0.302 e. The zero-order chi connectivity index (χ0) is 24.8. The number of carbonyl (C=O) groups excluding carboxylic acids is 1. The number of esters is 1. The minimum absolute atomic E-state index is 0.0285. The zero-order valence-corrected chi connectivity index (χ0v) is 19.5. The Balaban J connectivity index is 1.87. The largest absolute Gasteiger partial charge is 0.494 e. The van der Waals surface area contributed by atoms with E-state index in [-0.39, 0.29) is 6.61 Å². The molecule has 0 saturated carbocycles. The van der Waals surface area contributed by atoms with Crippen LogP contribution in [0.3, 0.4) is 0 Å². The van der Waals surface area contributed by atoms with Crippen LogP contribution in [0.5, 0.6) is 11.5 Å². The Morgan fingerprint density at radius 2 is 1.71 bits per heavy atom. The molecule has 34 heavy (non-hydrogen) atoms. The number of rotatable bonds is 9. The van der Waals surface area contributed by atoms with Crippen molar-refractivity contribution in [2.45, 2.75) is 70.6 Å². The summed E-state index contributed by atoms with van der Waals surface area (Å²) in [6.07, 6.45) is -7.74. The monoisotopic (exact) mass is 476 g/mol. The lowest BCUT2D eigenvalue weighted by molar-refractivity contribution is -0.286. The van der Waals surface area contributed by atoms with Crippen LogP contribution >= 0.6 is 0 Å². The summed E-state index contributed by atoms with van der Waals surface area (Å²) >= 11 is 0. The normalized spacial score (nSPS) is 25.4. The SMILES string of the molecule is CCOc1ccc(Cc2ccc(COC(C)=O)cc2O[C@@H]2OC([C@@H](C)O)[C@@H](O)[C@H](O)[C@H]2O)cc1. The van der Waals surface area contributed by atoms with E-state index in [1.807, 2.05) is 37.3 Å². The van der Waals surface area contributed by atoms with Crippen molar-refractivity contribution in [1.29, 1.82) is 0 Å². The van der Waals surface area contributed by atoms with Gasteiger partial charge in [0.1, 0.15) is 42.5 Å². The molecule has 9 nitrogen and oxygen atoms in total. The Labute approximate surface area is 198 Å². The van der Waals surface area contributed by atoms with E-state index in [9.17, 15) is 25.2 Å². The standard InChI is InChI=1S/C25H32O9/c1-4-31-19-9-6-16(7-10-19)11-18-8-5-17(13-32-15(3)27)12-20(18)33-25-23(30)21(28)22(29)24(34-25)14(2)26/h5-10,12,14,21-26,28-30H,4,11,13H2,1-3H3/t14-,21+,22+,23-,24?,25-/m1/s1. The van der Waals surface area contributed by atoms with Crippen molar-refractivity contribution in [3.05, 3.63) is 59.2 Å². The van der Waals surface area contributed by atoms with Gasteiger partial charge in [-0.25, -0.2) is 0 Å². The predicted octanol–water partition coefficient (Wildman–Crippen LogP) is 1.31. The summed E-state index contributed by atoms with van der Waals surface area (Å²) in [5, 5.41) is 40.7. The number of carbonyl (C=O) groups is 1. The van der Waals surface area contributed by atoms with Crippen LogP contribution in [0.2, 0.25) is 0 Å². The molecule has 3 rings (SSSR count). The van der Waals surface area contributed by atoms with Crippen LogP contribution in [0.4, 0.5) is 0 Å². The van der Waals surface area contributed by atoms with Gasteiger partial charge in [-0.05, 0) is 48.7 Å². The third kappa shape index (κ3) is 6.46. The minimum atomic E-state index is -1.57. The second-order valence-corrected chi connectivity index (χ2v) is 8.28. The second-order valence-electron chi connectivity index (χ2n) is 8.28. The van der Waals surface area contributed by atoms with Crippen molar-refractivity contribution < 1.29 is 44.2 Å². The molecule has 0 spiro atoms. The lowest BCUT2D eigenvalue weighted by Gasteiger charge is -2.41. The zero-order valence-electron chi connectivity index (χ0n) is 19.5. The minimum Gasteiger partial charge on any atom is -0.494 e. The van der Waals surface area contributed by atoms with Crippen molar-refractivity contribution in [1.82, 2.24) is 0 Å². The number of aliphatic hydroxyl groups excluding tert-OH is 4. The lowest BCUT2D eigenvalue weighted by Crippen LogP contribution is -2.61. The molecule has 1 aliphatic rings.